The number of rotatable bonds is 6. The first kappa shape index (κ1) is 15.9. The molecule has 1 rings (SSSR count). The quantitative estimate of drug-likeness (QED) is 0.840. The number of carboxylic acids is 1. The molecule has 20 heavy (non-hydrogen) atoms. The van der Waals surface area contributed by atoms with Crippen LogP contribution in [0.5, 0.6) is 5.75 Å². The van der Waals surface area contributed by atoms with Gasteiger partial charge in [-0.15, -0.1) is 0 Å². The van der Waals surface area contributed by atoms with Crippen LogP contribution in [0, 0.1) is 5.92 Å². The first-order valence-corrected chi connectivity index (χ1v) is 5.89. The molecule has 0 fully saturated rings. The van der Waals surface area contributed by atoms with E-state index in [-0.39, 0.29) is 11.3 Å². The van der Waals surface area contributed by atoms with Gasteiger partial charge in [0.05, 0.1) is 5.92 Å². The van der Waals surface area contributed by atoms with Gasteiger partial charge in [0.15, 0.2) is 0 Å². The van der Waals surface area contributed by atoms with Crippen LogP contribution in [0.3, 0.4) is 0 Å². The number of carbonyl (C=O) groups is 2. The summed E-state index contributed by atoms with van der Waals surface area (Å²) in [5, 5.41) is 11.3. The minimum absolute atomic E-state index is 0.0523. The average Bonchev–Trinajstić information content (AvgIpc) is 2.37. The lowest BCUT2D eigenvalue weighted by molar-refractivity contribution is -0.141. The van der Waals surface area contributed by atoms with E-state index in [1.807, 2.05) is 0 Å². The fourth-order valence-electron chi connectivity index (χ4n) is 1.42. The monoisotopic (exact) mass is 287 g/mol. The van der Waals surface area contributed by atoms with Crippen molar-refractivity contribution in [1.29, 1.82) is 0 Å². The van der Waals surface area contributed by atoms with Crippen molar-refractivity contribution in [3.63, 3.8) is 0 Å². The molecule has 0 aromatic heterocycles. The number of carbonyl (C=O) groups excluding carboxylic acids is 1. The van der Waals surface area contributed by atoms with Gasteiger partial charge in [0.25, 0.3) is 5.91 Å². The van der Waals surface area contributed by atoms with E-state index in [9.17, 15) is 18.4 Å². The third-order valence-electron chi connectivity index (χ3n) is 2.84. The number of halogens is 2. The van der Waals surface area contributed by atoms with E-state index in [1.165, 1.54) is 31.2 Å². The van der Waals surface area contributed by atoms with Crippen molar-refractivity contribution >= 4 is 11.9 Å². The Morgan fingerprint density at radius 1 is 1.20 bits per heavy atom. The minimum Gasteiger partial charge on any atom is -0.481 e. The Morgan fingerprint density at radius 3 is 2.20 bits per heavy atom. The van der Waals surface area contributed by atoms with Gasteiger partial charge in [0.1, 0.15) is 5.75 Å². The van der Waals surface area contributed by atoms with Gasteiger partial charge in [-0.2, -0.15) is 8.78 Å². The zero-order valence-corrected chi connectivity index (χ0v) is 11.0. The molecule has 0 saturated heterocycles. The van der Waals surface area contributed by atoms with Crippen molar-refractivity contribution in [1.82, 2.24) is 5.32 Å². The second kappa shape index (κ2) is 6.83. The lowest BCUT2D eigenvalue weighted by Gasteiger charge is -2.17. The van der Waals surface area contributed by atoms with Gasteiger partial charge < -0.3 is 15.2 Å². The fourth-order valence-corrected chi connectivity index (χ4v) is 1.42. The molecule has 7 heteroatoms. The molecule has 2 unspecified atom stereocenters. The molecule has 5 nitrogen and oxygen atoms in total. The normalized spacial score (nSPS) is 13.7. The number of alkyl halides is 2. The summed E-state index contributed by atoms with van der Waals surface area (Å²) in [5.74, 6) is -2.28. The predicted octanol–water partition coefficient (Wildman–Crippen LogP) is 2.13. The van der Waals surface area contributed by atoms with Crippen molar-refractivity contribution in [2.45, 2.75) is 26.5 Å². The molecule has 0 aliphatic heterocycles. The zero-order valence-electron chi connectivity index (χ0n) is 11.0. The van der Waals surface area contributed by atoms with E-state index < -0.39 is 30.4 Å². The van der Waals surface area contributed by atoms with Crippen molar-refractivity contribution < 1.29 is 28.2 Å². The molecular formula is C13H15F2NO4. The minimum atomic E-state index is -2.92. The van der Waals surface area contributed by atoms with Crippen LogP contribution in [0.15, 0.2) is 24.3 Å². The second-order valence-corrected chi connectivity index (χ2v) is 4.29. The zero-order chi connectivity index (χ0) is 15.3. The van der Waals surface area contributed by atoms with Crippen LogP contribution in [-0.2, 0) is 4.79 Å². The van der Waals surface area contributed by atoms with E-state index in [0.717, 1.165) is 0 Å². The highest BCUT2D eigenvalue weighted by atomic mass is 19.3. The summed E-state index contributed by atoms with van der Waals surface area (Å²) in [7, 11) is 0. The Labute approximate surface area is 114 Å². The standard InChI is InChI=1S/C13H15F2NO4/c1-7(12(18)19)8(2)16-11(17)9-3-5-10(6-4-9)20-13(14)15/h3-8,13H,1-2H3,(H,16,17)(H,18,19). The Morgan fingerprint density at radius 2 is 1.75 bits per heavy atom. The highest BCUT2D eigenvalue weighted by Crippen LogP contribution is 2.15. The number of amides is 1. The molecule has 0 radical (unpaired) electrons. The number of carboxylic acid groups (broad SMARTS) is 1. The maximum absolute atomic E-state index is 12.0. The van der Waals surface area contributed by atoms with Gasteiger partial charge in [-0.25, -0.2) is 0 Å². The van der Waals surface area contributed by atoms with E-state index in [1.54, 1.807) is 6.92 Å². The molecule has 1 amide bonds. The average molecular weight is 287 g/mol. The van der Waals surface area contributed by atoms with Crippen LogP contribution >= 0.6 is 0 Å². The highest BCUT2D eigenvalue weighted by Gasteiger charge is 2.21. The fraction of sp³-hybridized carbons (Fsp3) is 0.385. The first-order valence-electron chi connectivity index (χ1n) is 5.89. The second-order valence-electron chi connectivity index (χ2n) is 4.29. The van der Waals surface area contributed by atoms with Crippen molar-refractivity contribution in [2.75, 3.05) is 0 Å². The summed E-state index contributed by atoms with van der Waals surface area (Å²) in [5.41, 5.74) is 0.232. The molecule has 1 aromatic rings. The third kappa shape index (κ3) is 4.49. The van der Waals surface area contributed by atoms with Gasteiger partial charge in [-0.3, -0.25) is 9.59 Å². The maximum Gasteiger partial charge on any atom is 0.387 e. The van der Waals surface area contributed by atoms with Crippen LogP contribution in [0.2, 0.25) is 0 Å². The van der Waals surface area contributed by atoms with Gasteiger partial charge in [0.2, 0.25) is 0 Å². The number of hydrogen-bond acceptors (Lipinski definition) is 3. The molecule has 0 spiro atoms. The Balaban J connectivity index is 2.66. The van der Waals surface area contributed by atoms with Crippen LogP contribution in [0.25, 0.3) is 0 Å². The molecule has 0 aliphatic rings. The van der Waals surface area contributed by atoms with Crippen LogP contribution in [0.4, 0.5) is 8.78 Å². The number of nitrogens with one attached hydrogen (secondary N) is 1. The predicted molar refractivity (Wildman–Crippen MR) is 66.8 cm³/mol. The van der Waals surface area contributed by atoms with Gasteiger partial charge in [-0.1, -0.05) is 0 Å². The third-order valence-corrected chi connectivity index (χ3v) is 2.84. The smallest absolute Gasteiger partial charge is 0.387 e. The lowest BCUT2D eigenvalue weighted by Crippen LogP contribution is -2.40. The first-order chi connectivity index (χ1) is 9.31. The summed E-state index contributed by atoms with van der Waals surface area (Å²) < 4.78 is 28.1. The lowest BCUT2D eigenvalue weighted by atomic mass is 10.0. The Hall–Kier alpha value is -2.18. The molecule has 0 aliphatic carbocycles. The molecule has 2 N–H and O–H groups in total. The molecular weight excluding hydrogens is 272 g/mol. The maximum atomic E-state index is 12.0. The Bertz CT molecular complexity index is 476. The molecule has 0 heterocycles. The topological polar surface area (TPSA) is 75.6 Å². The van der Waals surface area contributed by atoms with Crippen LogP contribution in [-0.4, -0.2) is 29.6 Å². The summed E-state index contributed by atoms with van der Waals surface area (Å²) >= 11 is 0. The number of hydrogen-bond donors (Lipinski definition) is 2. The SMILES string of the molecule is CC(NC(=O)c1ccc(OC(F)F)cc1)C(C)C(=O)O. The van der Waals surface area contributed by atoms with Crippen molar-refractivity contribution in [3.8, 4) is 5.75 Å². The molecule has 0 saturated carbocycles. The Kier molecular flexibility index (Phi) is 5.42. The summed E-state index contributed by atoms with van der Waals surface area (Å²) in [6, 6.07) is 4.58. The van der Waals surface area contributed by atoms with Crippen LogP contribution in [0.1, 0.15) is 24.2 Å². The van der Waals surface area contributed by atoms with E-state index >= 15 is 0 Å². The van der Waals surface area contributed by atoms with Gasteiger partial charge in [0, 0.05) is 11.6 Å². The number of benzene rings is 1. The van der Waals surface area contributed by atoms with Crippen LogP contribution < -0.4 is 10.1 Å². The van der Waals surface area contributed by atoms with E-state index in [4.69, 9.17) is 5.11 Å². The van der Waals surface area contributed by atoms with Gasteiger partial charge in [-0.05, 0) is 38.1 Å². The number of aliphatic carboxylic acids is 1. The van der Waals surface area contributed by atoms with Crippen molar-refractivity contribution in [2.24, 2.45) is 5.92 Å². The van der Waals surface area contributed by atoms with E-state index in [2.05, 4.69) is 10.1 Å². The largest absolute Gasteiger partial charge is 0.481 e. The molecule has 110 valence electrons. The highest BCUT2D eigenvalue weighted by molar-refractivity contribution is 5.94. The molecule has 1 aromatic carbocycles. The summed E-state index contributed by atoms with van der Waals surface area (Å²) in [6.07, 6.45) is 0. The summed E-state index contributed by atoms with van der Waals surface area (Å²) in [4.78, 5) is 22.6. The number of ether oxygens (including phenoxy) is 1. The molecule has 0 bridgehead atoms. The van der Waals surface area contributed by atoms with Crippen molar-refractivity contribution in [3.05, 3.63) is 29.8 Å². The van der Waals surface area contributed by atoms with Gasteiger partial charge >= 0.3 is 12.6 Å². The molecule has 2 atom stereocenters. The van der Waals surface area contributed by atoms with E-state index in [0.29, 0.717) is 0 Å². The summed E-state index contributed by atoms with van der Waals surface area (Å²) in [6.45, 7) is 0.128.